The van der Waals surface area contributed by atoms with E-state index >= 15 is 0 Å². The van der Waals surface area contributed by atoms with Gasteiger partial charge < -0.3 is 4.90 Å². The lowest BCUT2D eigenvalue weighted by Gasteiger charge is -2.42. The van der Waals surface area contributed by atoms with Crippen molar-refractivity contribution in [3.05, 3.63) is 172 Å². The maximum atomic E-state index is 2.52. The molecule has 0 bridgehead atoms. The van der Waals surface area contributed by atoms with Crippen LogP contribution in [-0.2, 0) is 16.2 Å². The van der Waals surface area contributed by atoms with Gasteiger partial charge in [-0.2, -0.15) is 0 Å². The van der Waals surface area contributed by atoms with Crippen LogP contribution in [0.15, 0.2) is 133 Å². The summed E-state index contributed by atoms with van der Waals surface area (Å²) in [5.41, 5.74) is 18.3. The van der Waals surface area contributed by atoms with E-state index in [0.29, 0.717) is 0 Å². The molecule has 9 rings (SSSR count). The highest BCUT2D eigenvalue weighted by atomic mass is 15.2. The van der Waals surface area contributed by atoms with Crippen LogP contribution in [0.25, 0.3) is 22.3 Å². The fourth-order valence-electron chi connectivity index (χ4n) is 8.68. The number of nitrogens with zero attached hydrogens (tertiary/aromatic N) is 1. The first-order chi connectivity index (χ1) is 21.7. The smallest absolute Gasteiger partial charge is 0.0726 e. The molecule has 0 saturated carbocycles. The number of para-hydroxylation sites is 2. The van der Waals surface area contributed by atoms with Gasteiger partial charge >= 0.3 is 0 Å². The molecule has 45 heavy (non-hydrogen) atoms. The number of hydrogen-bond donors (Lipinski definition) is 0. The molecule has 0 saturated heterocycles. The van der Waals surface area contributed by atoms with Crippen molar-refractivity contribution < 1.29 is 0 Å². The lowest BCUT2D eigenvalue weighted by Crippen LogP contribution is -2.31. The van der Waals surface area contributed by atoms with Crippen molar-refractivity contribution in [2.45, 2.75) is 50.9 Å². The number of hydrogen-bond acceptors (Lipinski definition) is 1. The Bertz CT molecular complexity index is 2100. The highest BCUT2D eigenvalue weighted by Crippen LogP contribution is 2.64. The molecular weight excluding hydrogens is 542 g/mol. The summed E-state index contributed by atoms with van der Waals surface area (Å²) in [6.07, 6.45) is 0. The first-order valence-corrected chi connectivity index (χ1v) is 16.2. The zero-order valence-corrected chi connectivity index (χ0v) is 26.6. The molecule has 0 fully saturated rings. The van der Waals surface area contributed by atoms with E-state index in [-0.39, 0.29) is 16.2 Å². The second-order valence-corrected chi connectivity index (χ2v) is 14.6. The summed E-state index contributed by atoms with van der Waals surface area (Å²) < 4.78 is 0. The summed E-state index contributed by atoms with van der Waals surface area (Å²) in [5, 5.41) is 0. The van der Waals surface area contributed by atoms with E-state index in [1.807, 2.05) is 0 Å². The predicted molar refractivity (Wildman–Crippen MR) is 188 cm³/mol. The SMILES string of the molecule is CC(C)(C)c1ccc2c(c1)C1(c3ccccc3-c3ccccc31)c1cc(N3c4ccccc4C(C)(C)c4ccccc43)ccc1-2. The van der Waals surface area contributed by atoms with Crippen LogP contribution >= 0.6 is 0 Å². The third kappa shape index (κ3) is 3.34. The van der Waals surface area contributed by atoms with Crippen LogP contribution in [-0.4, -0.2) is 0 Å². The van der Waals surface area contributed by atoms with Crippen LogP contribution in [0.5, 0.6) is 0 Å². The average Bonchev–Trinajstić information content (AvgIpc) is 3.51. The van der Waals surface area contributed by atoms with Gasteiger partial charge in [0, 0.05) is 11.1 Å². The Balaban J connectivity index is 1.38. The van der Waals surface area contributed by atoms with Crippen LogP contribution in [0.3, 0.4) is 0 Å². The minimum atomic E-state index is -0.386. The minimum Gasteiger partial charge on any atom is -0.310 e. The Morgan fingerprint density at radius 2 is 0.889 bits per heavy atom. The van der Waals surface area contributed by atoms with E-state index in [9.17, 15) is 0 Å². The molecule has 6 aromatic rings. The van der Waals surface area contributed by atoms with Crippen LogP contribution in [0.2, 0.25) is 0 Å². The van der Waals surface area contributed by atoms with Crippen LogP contribution in [0.1, 0.15) is 73.6 Å². The van der Waals surface area contributed by atoms with Gasteiger partial charge in [0.15, 0.2) is 0 Å². The molecule has 0 N–H and O–H groups in total. The highest BCUT2D eigenvalue weighted by Gasteiger charge is 2.52. The Hall–Kier alpha value is -4.88. The highest BCUT2D eigenvalue weighted by molar-refractivity contribution is 5.97. The predicted octanol–water partition coefficient (Wildman–Crippen LogP) is 11.4. The van der Waals surface area contributed by atoms with Crippen molar-refractivity contribution in [2.75, 3.05) is 4.90 Å². The van der Waals surface area contributed by atoms with E-state index in [1.165, 1.54) is 78.3 Å². The van der Waals surface area contributed by atoms with E-state index in [1.54, 1.807) is 0 Å². The van der Waals surface area contributed by atoms with Crippen LogP contribution < -0.4 is 4.90 Å². The van der Waals surface area contributed by atoms with Crippen molar-refractivity contribution >= 4 is 17.1 Å². The normalized spacial score (nSPS) is 16.0. The summed E-state index contributed by atoms with van der Waals surface area (Å²) in [4.78, 5) is 2.50. The van der Waals surface area contributed by atoms with Gasteiger partial charge in [0.25, 0.3) is 0 Å². The molecule has 6 aromatic carbocycles. The third-order valence-corrected chi connectivity index (χ3v) is 10.8. The zero-order valence-electron chi connectivity index (χ0n) is 26.6. The van der Waals surface area contributed by atoms with Gasteiger partial charge in [0.2, 0.25) is 0 Å². The van der Waals surface area contributed by atoms with Crippen LogP contribution in [0.4, 0.5) is 17.1 Å². The molecule has 0 amide bonds. The summed E-state index contributed by atoms with van der Waals surface area (Å²) in [5.74, 6) is 0. The molecule has 0 radical (unpaired) electrons. The Morgan fingerprint density at radius 1 is 0.444 bits per heavy atom. The maximum Gasteiger partial charge on any atom is 0.0726 e. The van der Waals surface area contributed by atoms with Crippen molar-refractivity contribution in [3.8, 4) is 22.3 Å². The summed E-state index contributed by atoms with van der Waals surface area (Å²) >= 11 is 0. The molecule has 1 nitrogen and oxygen atoms in total. The van der Waals surface area contributed by atoms with Crippen molar-refractivity contribution in [2.24, 2.45) is 0 Å². The van der Waals surface area contributed by atoms with Gasteiger partial charge in [-0.25, -0.2) is 0 Å². The Morgan fingerprint density at radius 3 is 1.44 bits per heavy atom. The molecule has 1 aliphatic heterocycles. The van der Waals surface area contributed by atoms with Gasteiger partial charge in [0.05, 0.1) is 16.8 Å². The van der Waals surface area contributed by atoms with Gasteiger partial charge in [-0.15, -0.1) is 0 Å². The molecule has 3 aliphatic rings. The van der Waals surface area contributed by atoms with Crippen molar-refractivity contribution in [3.63, 3.8) is 0 Å². The quantitative estimate of drug-likeness (QED) is 0.187. The monoisotopic (exact) mass is 579 g/mol. The lowest BCUT2D eigenvalue weighted by molar-refractivity contribution is 0.588. The maximum absolute atomic E-state index is 2.52. The summed E-state index contributed by atoms with van der Waals surface area (Å²) in [7, 11) is 0. The molecule has 0 aromatic heterocycles. The van der Waals surface area contributed by atoms with Gasteiger partial charge in [-0.05, 0) is 90.9 Å². The molecular formula is C44H37N. The number of benzene rings is 6. The number of rotatable bonds is 1. The molecule has 218 valence electrons. The Kier molecular flexibility index (Phi) is 5.22. The van der Waals surface area contributed by atoms with E-state index < -0.39 is 0 Å². The number of anilines is 3. The zero-order chi connectivity index (χ0) is 30.7. The Labute approximate surface area is 266 Å². The average molecular weight is 580 g/mol. The van der Waals surface area contributed by atoms with Gasteiger partial charge in [-0.3, -0.25) is 0 Å². The van der Waals surface area contributed by atoms with Gasteiger partial charge in [-0.1, -0.05) is 144 Å². The van der Waals surface area contributed by atoms with Crippen LogP contribution in [0, 0.1) is 0 Å². The second kappa shape index (κ2) is 8.86. The second-order valence-electron chi connectivity index (χ2n) is 14.6. The molecule has 0 atom stereocenters. The molecule has 1 heterocycles. The minimum absolute atomic E-state index is 0.0435. The first kappa shape index (κ1) is 26.5. The van der Waals surface area contributed by atoms with E-state index in [4.69, 9.17) is 0 Å². The molecule has 0 unspecified atom stereocenters. The number of fused-ring (bicyclic) bond motifs is 12. The molecule has 2 aliphatic carbocycles. The molecule has 1 heteroatoms. The van der Waals surface area contributed by atoms with E-state index in [0.717, 1.165) is 0 Å². The fourth-order valence-corrected chi connectivity index (χ4v) is 8.68. The summed E-state index contributed by atoms with van der Waals surface area (Å²) in [6, 6.07) is 50.6. The summed E-state index contributed by atoms with van der Waals surface area (Å²) in [6.45, 7) is 11.7. The fraction of sp³-hybridized carbons (Fsp3) is 0.182. The molecule has 1 spiro atoms. The van der Waals surface area contributed by atoms with E-state index in [2.05, 4.69) is 173 Å². The third-order valence-electron chi connectivity index (χ3n) is 10.8. The first-order valence-electron chi connectivity index (χ1n) is 16.2. The van der Waals surface area contributed by atoms with Crippen molar-refractivity contribution in [1.29, 1.82) is 0 Å². The topological polar surface area (TPSA) is 3.24 Å². The van der Waals surface area contributed by atoms with Gasteiger partial charge in [0.1, 0.15) is 0 Å². The lowest BCUT2D eigenvalue weighted by atomic mass is 9.69. The van der Waals surface area contributed by atoms with Crippen molar-refractivity contribution in [1.82, 2.24) is 0 Å². The standard InChI is InChI=1S/C44H37N/c1-42(2,3)28-22-24-32-33-25-23-29(45-40-20-12-10-18-36(40)43(4,5)37-19-11-13-21-41(37)45)27-39(33)44(38(32)26-28)34-16-8-6-14-30(34)31-15-7-9-17-35(31)44/h6-27H,1-5H3. The largest absolute Gasteiger partial charge is 0.310 e.